The number of rotatable bonds is 1. The second-order valence-electron chi connectivity index (χ2n) is 2.25. The van der Waals surface area contributed by atoms with Crippen LogP contribution in [-0.2, 0) is 14.3 Å². The Kier molecular flexibility index (Phi) is 1.51. The van der Waals surface area contributed by atoms with Crippen LogP contribution in [0.25, 0.3) is 0 Å². The predicted octanol–water partition coefficient (Wildman–Crippen LogP) is 0.137. The molecule has 1 unspecified atom stereocenters. The van der Waals surface area contributed by atoms with Crippen LogP contribution in [0.1, 0.15) is 13.3 Å². The van der Waals surface area contributed by atoms with Crippen LogP contribution in [0.5, 0.6) is 0 Å². The van der Waals surface area contributed by atoms with Crippen LogP contribution < -0.4 is 0 Å². The molecule has 50 valence electrons. The Labute approximate surface area is 53.0 Å². The summed E-state index contributed by atoms with van der Waals surface area (Å²) in [5, 5.41) is 0. The van der Waals surface area contributed by atoms with E-state index in [1.54, 1.807) is 6.92 Å². The van der Waals surface area contributed by atoms with E-state index < -0.39 is 6.10 Å². The van der Waals surface area contributed by atoms with Crippen molar-refractivity contribution >= 4 is 12.3 Å². The molecule has 0 bridgehead atoms. The Balaban J connectivity index is 2.53. The molecular weight excluding hydrogens is 120 g/mol. The number of esters is 1. The topological polar surface area (TPSA) is 43.4 Å². The smallest absolute Gasteiger partial charge is 0.309 e. The summed E-state index contributed by atoms with van der Waals surface area (Å²) in [6, 6.07) is 0. The fourth-order valence-corrected chi connectivity index (χ4v) is 0.841. The molecule has 1 aliphatic heterocycles. The highest BCUT2D eigenvalue weighted by Gasteiger charge is 2.30. The van der Waals surface area contributed by atoms with Gasteiger partial charge < -0.3 is 4.74 Å². The highest BCUT2D eigenvalue weighted by Crippen LogP contribution is 2.18. The van der Waals surface area contributed by atoms with Gasteiger partial charge in [0.05, 0.1) is 5.92 Å². The summed E-state index contributed by atoms with van der Waals surface area (Å²) < 4.78 is 4.62. The minimum atomic E-state index is -0.479. The fourth-order valence-electron chi connectivity index (χ4n) is 0.841. The van der Waals surface area contributed by atoms with E-state index in [4.69, 9.17) is 0 Å². The summed E-state index contributed by atoms with van der Waals surface area (Å²) in [7, 11) is 0. The summed E-state index contributed by atoms with van der Waals surface area (Å²) in [5.74, 6) is -0.354. The first-order chi connectivity index (χ1) is 4.24. The summed E-state index contributed by atoms with van der Waals surface area (Å²) in [6.07, 6.45) is 0.733. The van der Waals surface area contributed by atoms with Gasteiger partial charge in [-0.15, -0.1) is 0 Å². The molecule has 2 atom stereocenters. The van der Waals surface area contributed by atoms with Gasteiger partial charge in [-0.3, -0.25) is 9.59 Å². The van der Waals surface area contributed by atoms with Gasteiger partial charge in [0.1, 0.15) is 0 Å². The van der Waals surface area contributed by atoms with Crippen LogP contribution in [0.4, 0.5) is 0 Å². The highest BCUT2D eigenvalue weighted by molar-refractivity contribution is 5.78. The van der Waals surface area contributed by atoms with Gasteiger partial charge in [-0.2, -0.15) is 0 Å². The van der Waals surface area contributed by atoms with Crippen LogP contribution in [0.15, 0.2) is 0 Å². The second-order valence-corrected chi connectivity index (χ2v) is 2.25. The van der Waals surface area contributed by atoms with E-state index in [1.807, 2.05) is 0 Å². The average molecular weight is 128 g/mol. The maximum atomic E-state index is 10.6. The van der Waals surface area contributed by atoms with Gasteiger partial charge in [0.15, 0.2) is 12.4 Å². The molecule has 3 nitrogen and oxygen atoms in total. The van der Waals surface area contributed by atoms with Gasteiger partial charge >= 0.3 is 5.97 Å². The standard InChI is InChI=1S/C6H8O3/c1-4-2-5(3-7)9-6(4)8/h3-5H,2H2,1H3/t4?,5-/m0/s1. The Morgan fingerprint density at radius 1 is 1.78 bits per heavy atom. The van der Waals surface area contributed by atoms with Gasteiger partial charge in [0.25, 0.3) is 0 Å². The molecule has 0 aromatic rings. The van der Waals surface area contributed by atoms with Crippen LogP contribution >= 0.6 is 0 Å². The SMILES string of the molecule is CC1C[C@@H](C=O)OC1=O. The first-order valence-electron chi connectivity index (χ1n) is 2.90. The quantitative estimate of drug-likeness (QED) is 0.372. The van der Waals surface area contributed by atoms with Crippen LogP contribution in [-0.4, -0.2) is 18.4 Å². The molecule has 0 aromatic heterocycles. The largest absolute Gasteiger partial charge is 0.454 e. The van der Waals surface area contributed by atoms with Crippen molar-refractivity contribution in [1.82, 2.24) is 0 Å². The van der Waals surface area contributed by atoms with E-state index in [0.717, 1.165) is 0 Å². The van der Waals surface area contributed by atoms with Gasteiger partial charge in [0, 0.05) is 6.42 Å². The van der Waals surface area contributed by atoms with Gasteiger partial charge in [0.2, 0.25) is 0 Å². The maximum Gasteiger partial charge on any atom is 0.309 e. The zero-order valence-electron chi connectivity index (χ0n) is 5.16. The Hall–Kier alpha value is -0.860. The Bertz CT molecular complexity index is 141. The number of carbonyl (C=O) groups excluding carboxylic acids is 2. The summed E-state index contributed by atoms with van der Waals surface area (Å²) >= 11 is 0. The van der Waals surface area contributed by atoms with Crippen LogP contribution in [0, 0.1) is 5.92 Å². The number of hydrogen-bond donors (Lipinski definition) is 0. The number of cyclic esters (lactones) is 1. The first kappa shape index (κ1) is 6.26. The molecule has 0 amide bonds. The maximum absolute atomic E-state index is 10.6. The average Bonchev–Trinajstić information content (AvgIpc) is 2.13. The van der Waals surface area contributed by atoms with E-state index in [0.29, 0.717) is 12.7 Å². The number of aldehydes is 1. The first-order valence-corrected chi connectivity index (χ1v) is 2.90. The molecule has 1 aliphatic rings. The van der Waals surface area contributed by atoms with E-state index in [9.17, 15) is 9.59 Å². The predicted molar refractivity (Wildman–Crippen MR) is 29.7 cm³/mol. The Morgan fingerprint density at radius 2 is 2.44 bits per heavy atom. The molecule has 0 aliphatic carbocycles. The molecule has 1 saturated heterocycles. The number of carbonyl (C=O) groups is 2. The van der Waals surface area contributed by atoms with E-state index in [-0.39, 0.29) is 11.9 Å². The van der Waals surface area contributed by atoms with E-state index in [2.05, 4.69) is 4.74 Å². The molecule has 1 rings (SSSR count). The molecule has 0 aromatic carbocycles. The minimum Gasteiger partial charge on any atom is -0.454 e. The third kappa shape index (κ3) is 1.09. The van der Waals surface area contributed by atoms with Crippen molar-refractivity contribution in [2.75, 3.05) is 0 Å². The van der Waals surface area contributed by atoms with Crippen molar-refractivity contribution in [1.29, 1.82) is 0 Å². The zero-order chi connectivity index (χ0) is 6.85. The molecule has 3 heteroatoms. The molecule has 0 N–H and O–H groups in total. The monoisotopic (exact) mass is 128 g/mol. The van der Waals surface area contributed by atoms with Crippen LogP contribution in [0.3, 0.4) is 0 Å². The van der Waals surface area contributed by atoms with Gasteiger partial charge in [-0.1, -0.05) is 6.92 Å². The third-order valence-electron chi connectivity index (χ3n) is 1.41. The van der Waals surface area contributed by atoms with Gasteiger partial charge in [-0.05, 0) is 0 Å². The summed E-state index contributed by atoms with van der Waals surface area (Å²) in [6.45, 7) is 1.76. The van der Waals surface area contributed by atoms with E-state index >= 15 is 0 Å². The number of ether oxygens (including phenoxy) is 1. The van der Waals surface area contributed by atoms with Crippen molar-refractivity contribution in [2.24, 2.45) is 5.92 Å². The third-order valence-corrected chi connectivity index (χ3v) is 1.41. The molecule has 1 fully saturated rings. The lowest BCUT2D eigenvalue weighted by atomic mass is 10.1. The molecular formula is C6H8O3. The summed E-state index contributed by atoms with van der Waals surface area (Å²) in [4.78, 5) is 20.6. The molecule has 0 radical (unpaired) electrons. The lowest BCUT2D eigenvalue weighted by Crippen LogP contribution is -2.06. The van der Waals surface area contributed by atoms with Crippen molar-refractivity contribution < 1.29 is 14.3 Å². The lowest BCUT2D eigenvalue weighted by molar-refractivity contribution is -0.146. The number of hydrogen-bond acceptors (Lipinski definition) is 3. The fraction of sp³-hybridized carbons (Fsp3) is 0.667. The van der Waals surface area contributed by atoms with Crippen molar-refractivity contribution in [3.05, 3.63) is 0 Å². The molecule has 0 spiro atoms. The molecule has 9 heavy (non-hydrogen) atoms. The highest BCUT2D eigenvalue weighted by atomic mass is 16.6. The minimum absolute atomic E-state index is 0.0970. The summed E-state index contributed by atoms with van der Waals surface area (Å²) in [5.41, 5.74) is 0. The van der Waals surface area contributed by atoms with Crippen molar-refractivity contribution in [3.63, 3.8) is 0 Å². The van der Waals surface area contributed by atoms with Crippen molar-refractivity contribution in [3.8, 4) is 0 Å². The Morgan fingerprint density at radius 3 is 2.67 bits per heavy atom. The zero-order valence-corrected chi connectivity index (χ0v) is 5.16. The molecule has 1 heterocycles. The molecule has 0 saturated carbocycles. The normalized spacial score (nSPS) is 34.1. The van der Waals surface area contributed by atoms with Crippen LogP contribution in [0.2, 0.25) is 0 Å². The second kappa shape index (κ2) is 2.17. The van der Waals surface area contributed by atoms with Crippen molar-refractivity contribution in [2.45, 2.75) is 19.4 Å². The van der Waals surface area contributed by atoms with E-state index in [1.165, 1.54) is 0 Å². The van der Waals surface area contributed by atoms with Gasteiger partial charge in [-0.25, -0.2) is 0 Å². The lowest BCUT2D eigenvalue weighted by Gasteiger charge is -1.94.